The highest BCUT2D eigenvalue weighted by atomic mass is 16.5. The van der Waals surface area contributed by atoms with Gasteiger partial charge in [0, 0.05) is 37.1 Å². The van der Waals surface area contributed by atoms with Gasteiger partial charge >= 0.3 is 5.97 Å². The predicted octanol–water partition coefficient (Wildman–Crippen LogP) is 2.46. The molecule has 2 aromatic rings. The van der Waals surface area contributed by atoms with Crippen LogP contribution in [0.5, 0.6) is 0 Å². The van der Waals surface area contributed by atoms with Crippen LogP contribution >= 0.6 is 0 Å². The van der Waals surface area contributed by atoms with Crippen molar-refractivity contribution in [1.29, 1.82) is 0 Å². The minimum Gasteiger partial charge on any atom is -0.461 e. The van der Waals surface area contributed by atoms with E-state index in [9.17, 15) is 4.79 Å². The number of nitrogens with zero attached hydrogens (tertiary/aromatic N) is 3. The van der Waals surface area contributed by atoms with Crippen LogP contribution in [-0.4, -0.2) is 27.3 Å². The van der Waals surface area contributed by atoms with Gasteiger partial charge in [0.1, 0.15) is 0 Å². The standard InChI is InChI=1S/C15H19N3O2/c1-3-9-18-11-13(10-12-5-7-16-8-6-12)14(17-18)15(19)20-4-2/h5-8,11H,3-4,9-10H2,1-2H3. The average molecular weight is 273 g/mol. The van der Waals surface area contributed by atoms with Gasteiger partial charge in [-0.25, -0.2) is 4.79 Å². The van der Waals surface area contributed by atoms with E-state index in [1.165, 1.54) is 0 Å². The molecule has 0 saturated carbocycles. The molecule has 2 rings (SSSR count). The number of rotatable bonds is 6. The summed E-state index contributed by atoms with van der Waals surface area (Å²) in [6.07, 6.45) is 7.04. The highest BCUT2D eigenvalue weighted by Crippen LogP contribution is 2.14. The van der Waals surface area contributed by atoms with Gasteiger partial charge in [-0.15, -0.1) is 0 Å². The molecule has 2 aromatic heterocycles. The Morgan fingerprint density at radius 1 is 1.30 bits per heavy atom. The number of carbonyl (C=O) groups excluding carboxylic acids is 1. The lowest BCUT2D eigenvalue weighted by Crippen LogP contribution is -2.09. The average Bonchev–Trinajstić information content (AvgIpc) is 2.83. The molecule has 0 bridgehead atoms. The second-order valence-corrected chi connectivity index (χ2v) is 4.52. The SMILES string of the molecule is CCCn1cc(Cc2ccncc2)c(C(=O)OCC)n1. The third kappa shape index (κ3) is 3.44. The van der Waals surface area contributed by atoms with Gasteiger partial charge in [-0.3, -0.25) is 9.67 Å². The monoisotopic (exact) mass is 273 g/mol. The van der Waals surface area contributed by atoms with Gasteiger partial charge in [0.2, 0.25) is 0 Å². The minimum absolute atomic E-state index is 0.355. The fourth-order valence-corrected chi connectivity index (χ4v) is 2.03. The molecular weight excluding hydrogens is 254 g/mol. The van der Waals surface area contributed by atoms with Gasteiger partial charge < -0.3 is 4.74 Å². The van der Waals surface area contributed by atoms with E-state index in [0.29, 0.717) is 18.7 Å². The fraction of sp³-hybridized carbons (Fsp3) is 0.400. The van der Waals surface area contributed by atoms with Gasteiger partial charge in [-0.05, 0) is 31.0 Å². The first kappa shape index (κ1) is 14.2. The number of aryl methyl sites for hydroxylation is 1. The van der Waals surface area contributed by atoms with Crippen LogP contribution in [0.1, 0.15) is 41.9 Å². The van der Waals surface area contributed by atoms with Crippen LogP contribution < -0.4 is 0 Å². The summed E-state index contributed by atoms with van der Waals surface area (Å²) in [6, 6.07) is 3.87. The molecule has 0 aliphatic carbocycles. The molecule has 0 aromatic carbocycles. The smallest absolute Gasteiger partial charge is 0.359 e. The highest BCUT2D eigenvalue weighted by molar-refractivity contribution is 5.88. The van der Waals surface area contributed by atoms with Crippen LogP contribution in [0.2, 0.25) is 0 Å². The zero-order valence-electron chi connectivity index (χ0n) is 11.9. The molecule has 0 saturated heterocycles. The van der Waals surface area contributed by atoms with Crippen molar-refractivity contribution in [3.05, 3.63) is 47.5 Å². The van der Waals surface area contributed by atoms with Crippen LogP contribution in [0.3, 0.4) is 0 Å². The molecule has 0 radical (unpaired) electrons. The van der Waals surface area contributed by atoms with Crippen molar-refractivity contribution in [3.8, 4) is 0 Å². The van der Waals surface area contributed by atoms with Crippen LogP contribution in [0.15, 0.2) is 30.7 Å². The number of pyridine rings is 1. The van der Waals surface area contributed by atoms with Crippen LogP contribution in [0.25, 0.3) is 0 Å². The molecule has 0 spiro atoms. The zero-order chi connectivity index (χ0) is 14.4. The van der Waals surface area contributed by atoms with Crippen molar-refractivity contribution in [3.63, 3.8) is 0 Å². The van der Waals surface area contributed by atoms with Crippen LogP contribution in [0, 0.1) is 0 Å². The van der Waals surface area contributed by atoms with E-state index in [-0.39, 0.29) is 5.97 Å². The number of carbonyl (C=O) groups is 1. The molecule has 0 amide bonds. The van der Waals surface area contributed by atoms with Crippen LogP contribution in [0.4, 0.5) is 0 Å². The van der Waals surface area contributed by atoms with E-state index in [0.717, 1.165) is 24.1 Å². The van der Waals surface area contributed by atoms with Gasteiger partial charge in [-0.1, -0.05) is 6.92 Å². The molecule has 0 unspecified atom stereocenters. The molecule has 0 aliphatic heterocycles. The normalized spacial score (nSPS) is 10.5. The molecule has 0 fully saturated rings. The van der Waals surface area contributed by atoms with Crippen molar-refractivity contribution in [1.82, 2.24) is 14.8 Å². The predicted molar refractivity (Wildman–Crippen MR) is 75.5 cm³/mol. The molecular formula is C15H19N3O2. The van der Waals surface area contributed by atoms with Gasteiger partial charge in [0.05, 0.1) is 6.61 Å². The molecule has 0 N–H and O–H groups in total. The molecule has 20 heavy (non-hydrogen) atoms. The van der Waals surface area contributed by atoms with Crippen molar-refractivity contribution in [2.24, 2.45) is 0 Å². The van der Waals surface area contributed by atoms with E-state index in [2.05, 4.69) is 17.0 Å². The first-order valence-electron chi connectivity index (χ1n) is 6.87. The van der Waals surface area contributed by atoms with Gasteiger partial charge in [0.25, 0.3) is 0 Å². The van der Waals surface area contributed by atoms with Crippen molar-refractivity contribution < 1.29 is 9.53 Å². The Kier molecular flexibility index (Phi) is 4.87. The number of aromatic nitrogens is 3. The summed E-state index contributed by atoms with van der Waals surface area (Å²) in [5.74, 6) is -0.355. The van der Waals surface area contributed by atoms with E-state index < -0.39 is 0 Å². The van der Waals surface area contributed by atoms with Gasteiger partial charge in [0.15, 0.2) is 5.69 Å². The van der Waals surface area contributed by atoms with Crippen molar-refractivity contribution >= 4 is 5.97 Å². The Morgan fingerprint density at radius 3 is 2.70 bits per heavy atom. The van der Waals surface area contributed by atoms with Crippen molar-refractivity contribution in [2.75, 3.05) is 6.61 Å². The summed E-state index contributed by atoms with van der Waals surface area (Å²) in [4.78, 5) is 16.0. The zero-order valence-corrected chi connectivity index (χ0v) is 11.9. The molecule has 5 nitrogen and oxygen atoms in total. The van der Waals surface area contributed by atoms with E-state index >= 15 is 0 Å². The molecule has 106 valence electrons. The Hall–Kier alpha value is -2.17. The summed E-state index contributed by atoms with van der Waals surface area (Å²) < 4.78 is 6.88. The second-order valence-electron chi connectivity index (χ2n) is 4.52. The molecule has 2 heterocycles. The first-order chi connectivity index (χ1) is 9.74. The van der Waals surface area contributed by atoms with E-state index in [1.807, 2.05) is 23.0 Å². The lowest BCUT2D eigenvalue weighted by molar-refractivity contribution is 0.0517. The molecule has 0 aliphatic rings. The second kappa shape index (κ2) is 6.84. The Labute approximate surface area is 118 Å². The number of ether oxygens (including phenoxy) is 1. The Morgan fingerprint density at radius 2 is 2.05 bits per heavy atom. The quantitative estimate of drug-likeness (QED) is 0.759. The highest BCUT2D eigenvalue weighted by Gasteiger charge is 2.18. The Balaban J connectivity index is 2.27. The number of esters is 1. The third-order valence-electron chi connectivity index (χ3n) is 2.90. The van der Waals surface area contributed by atoms with Crippen LogP contribution in [-0.2, 0) is 17.7 Å². The van der Waals surface area contributed by atoms with E-state index in [4.69, 9.17) is 4.74 Å². The summed E-state index contributed by atoms with van der Waals surface area (Å²) in [5.41, 5.74) is 2.40. The minimum atomic E-state index is -0.355. The lowest BCUT2D eigenvalue weighted by atomic mass is 10.1. The number of hydrogen-bond donors (Lipinski definition) is 0. The maximum Gasteiger partial charge on any atom is 0.359 e. The first-order valence-corrected chi connectivity index (χ1v) is 6.87. The maximum absolute atomic E-state index is 12.0. The molecule has 5 heteroatoms. The van der Waals surface area contributed by atoms with Crippen molar-refractivity contribution in [2.45, 2.75) is 33.2 Å². The lowest BCUT2D eigenvalue weighted by Gasteiger charge is -2.02. The summed E-state index contributed by atoms with van der Waals surface area (Å²) in [7, 11) is 0. The Bertz CT molecular complexity index is 564. The summed E-state index contributed by atoms with van der Waals surface area (Å²) in [6.45, 7) is 5.02. The maximum atomic E-state index is 12.0. The summed E-state index contributed by atoms with van der Waals surface area (Å²) >= 11 is 0. The molecule has 0 atom stereocenters. The summed E-state index contributed by atoms with van der Waals surface area (Å²) in [5, 5.41) is 4.34. The topological polar surface area (TPSA) is 57.0 Å². The third-order valence-corrected chi connectivity index (χ3v) is 2.90. The largest absolute Gasteiger partial charge is 0.461 e. The number of hydrogen-bond acceptors (Lipinski definition) is 4. The van der Waals surface area contributed by atoms with Gasteiger partial charge in [-0.2, -0.15) is 5.10 Å². The fourth-order valence-electron chi connectivity index (χ4n) is 2.03. The van der Waals surface area contributed by atoms with E-state index in [1.54, 1.807) is 19.3 Å².